The van der Waals surface area contributed by atoms with Crippen molar-refractivity contribution in [2.24, 2.45) is 0 Å². The molecule has 2 heterocycles. The quantitative estimate of drug-likeness (QED) is 0.217. The van der Waals surface area contributed by atoms with E-state index in [1.54, 1.807) is 12.1 Å². The van der Waals surface area contributed by atoms with Crippen molar-refractivity contribution in [3.05, 3.63) is 76.9 Å². The molecule has 0 unspecified atom stereocenters. The average Bonchev–Trinajstić information content (AvgIpc) is 3.61. The standard InChI is InChI=1S/C38H46N4O3/c1-35(2,3)26-14-24(15-27(20-26)36(4,5)6)33-41-39-31(44-33)22-13-23(19-30(43)18-22)32-40-42-34(45-32)25-16-28(37(7,8)9)21-29(17-25)38(10,11)12/h13-21,43H,1-12H3. The Morgan fingerprint density at radius 3 is 0.867 bits per heavy atom. The van der Waals surface area contributed by atoms with Crippen LogP contribution in [0.15, 0.2) is 63.4 Å². The molecule has 0 saturated heterocycles. The van der Waals surface area contributed by atoms with E-state index in [1.807, 2.05) is 6.07 Å². The van der Waals surface area contributed by atoms with Gasteiger partial charge >= 0.3 is 0 Å². The van der Waals surface area contributed by atoms with Gasteiger partial charge in [0.2, 0.25) is 23.6 Å². The van der Waals surface area contributed by atoms with E-state index in [-0.39, 0.29) is 39.2 Å². The van der Waals surface area contributed by atoms with Gasteiger partial charge in [-0.1, -0.05) is 95.2 Å². The molecular weight excluding hydrogens is 560 g/mol. The Bertz CT molecular complexity index is 1660. The molecular formula is C38H46N4O3. The van der Waals surface area contributed by atoms with Crippen LogP contribution in [0.1, 0.15) is 105 Å². The predicted octanol–water partition coefficient (Wildman–Crippen LogP) is 10.0. The third kappa shape index (κ3) is 7.03. The topological polar surface area (TPSA) is 98.1 Å². The second-order valence-corrected chi connectivity index (χ2v) is 16.2. The van der Waals surface area contributed by atoms with Crippen molar-refractivity contribution in [2.75, 3.05) is 0 Å². The van der Waals surface area contributed by atoms with Gasteiger partial charge in [0.05, 0.1) is 0 Å². The molecule has 236 valence electrons. The number of benzene rings is 3. The minimum Gasteiger partial charge on any atom is -0.508 e. The number of phenolic OH excluding ortho intramolecular Hbond substituents is 1. The summed E-state index contributed by atoms with van der Waals surface area (Å²) in [5, 5.41) is 28.2. The van der Waals surface area contributed by atoms with Crippen LogP contribution in [0.25, 0.3) is 45.8 Å². The molecule has 0 amide bonds. The molecule has 0 aliphatic heterocycles. The van der Waals surface area contributed by atoms with Gasteiger partial charge in [-0.2, -0.15) is 0 Å². The lowest BCUT2D eigenvalue weighted by atomic mass is 9.79. The maximum absolute atomic E-state index is 10.7. The number of phenols is 1. The molecule has 2 aromatic heterocycles. The molecule has 0 aliphatic carbocycles. The Kier molecular flexibility index (Phi) is 7.83. The van der Waals surface area contributed by atoms with Crippen molar-refractivity contribution in [2.45, 2.75) is 105 Å². The van der Waals surface area contributed by atoms with Gasteiger partial charge in [-0.3, -0.25) is 0 Å². The highest BCUT2D eigenvalue weighted by atomic mass is 16.4. The monoisotopic (exact) mass is 606 g/mol. The molecule has 0 radical (unpaired) electrons. The first kappa shape index (κ1) is 32.1. The van der Waals surface area contributed by atoms with Crippen LogP contribution in [0.2, 0.25) is 0 Å². The third-order valence-electron chi connectivity index (χ3n) is 8.09. The number of rotatable bonds is 4. The number of aromatic nitrogens is 4. The lowest BCUT2D eigenvalue weighted by Crippen LogP contribution is -2.16. The van der Waals surface area contributed by atoms with Crippen molar-refractivity contribution in [1.29, 1.82) is 0 Å². The van der Waals surface area contributed by atoms with E-state index in [9.17, 15) is 5.11 Å². The summed E-state index contributed by atoms with van der Waals surface area (Å²) in [4.78, 5) is 0. The van der Waals surface area contributed by atoms with Crippen LogP contribution in [-0.2, 0) is 21.7 Å². The normalized spacial score (nSPS) is 13.0. The van der Waals surface area contributed by atoms with E-state index < -0.39 is 0 Å². The molecule has 1 N–H and O–H groups in total. The van der Waals surface area contributed by atoms with Gasteiger partial charge in [0.25, 0.3) is 0 Å². The molecule has 0 fully saturated rings. The molecule has 0 atom stereocenters. The fourth-order valence-electron chi connectivity index (χ4n) is 5.01. The van der Waals surface area contributed by atoms with E-state index in [1.165, 1.54) is 22.3 Å². The summed E-state index contributed by atoms with van der Waals surface area (Å²) in [7, 11) is 0. The summed E-state index contributed by atoms with van der Waals surface area (Å²) >= 11 is 0. The summed E-state index contributed by atoms with van der Waals surface area (Å²) < 4.78 is 12.4. The molecule has 0 saturated carbocycles. The number of aromatic hydroxyl groups is 1. The zero-order valence-corrected chi connectivity index (χ0v) is 28.7. The Hall–Kier alpha value is -4.26. The average molecular weight is 607 g/mol. The zero-order valence-electron chi connectivity index (χ0n) is 28.7. The minimum absolute atomic E-state index is 0.0245. The summed E-state index contributed by atoms with van der Waals surface area (Å²) in [6.45, 7) is 26.3. The maximum Gasteiger partial charge on any atom is 0.248 e. The SMILES string of the molecule is CC(C)(C)c1cc(-c2nnc(-c3cc(O)cc(-c4nnc(-c5cc(C(C)(C)C)cc(C(C)(C)C)c5)o4)c3)o2)cc(C(C)(C)C)c1. The second-order valence-electron chi connectivity index (χ2n) is 16.2. The molecule has 5 aromatic rings. The molecule has 45 heavy (non-hydrogen) atoms. The van der Waals surface area contributed by atoms with Crippen LogP contribution in [-0.4, -0.2) is 25.5 Å². The van der Waals surface area contributed by atoms with Crippen LogP contribution >= 0.6 is 0 Å². The first-order chi connectivity index (χ1) is 20.7. The highest BCUT2D eigenvalue weighted by Gasteiger charge is 2.25. The van der Waals surface area contributed by atoms with Crippen LogP contribution in [0.5, 0.6) is 5.75 Å². The fourth-order valence-corrected chi connectivity index (χ4v) is 5.01. The van der Waals surface area contributed by atoms with E-state index >= 15 is 0 Å². The second kappa shape index (κ2) is 11.0. The Morgan fingerprint density at radius 1 is 0.378 bits per heavy atom. The smallest absolute Gasteiger partial charge is 0.248 e. The molecule has 3 aromatic carbocycles. The van der Waals surface area contributed by atoms with E-state index in [4.69, 9.17) is 8.83 Å². The zero-order chi connectivity index (χ0) is 33.1. The van der Waals surface area contributed by atoms with Crippen LogP contribution in [0.4, 0.5) is 0 Å². The van der Waals surface area contributed by atoms with E-state index in [0.717, 1.165) is 11.1 Å². The van der Waals surface area contributed by atoms with Crippen LogP contribution in [0.3, 0.4) is 0 Å². The molecule has 7 heteroatoms. The Balaban J connectivity index is 1.52. The summed E-state index contributed by atoms with van der Waals surface area (Å²) in [6, 6.07) is 17.9. The lowest BCUT2D eigenvalue weighted by molar-refractivity contribution is 0.474. The third-order valence-corrected chi connectivity index (χ3v) is 8.09. The van der Waals surface area contributed by atoms with Crippen molar-refractivity contribution in [3.63, 3.8) is 0 Å². The first-order valence-electron chi connectivity index (χ1n) is 15.5. The summed E-state index contributed by atoms with van der Waals surface area (Å²) in [5.41, 5.74) is 7.40. The van der Waals surface area contributed by atoms with E-state index in [0.29, 0.717) is 22.9 Å². The van der Waals surface area contributed by atoms with E-state index in [2.05, 4.69) is 140 Å². The van der Waals surface area contributed by atoms with Gasteiger partial charge in [0.15, 0.2) is 0 Å². The summed E-state index contributed by atoms with van der Waals surface area (Å²) in [5.74, 6) is 1.43. The Labute approximate surface area is 267 Å². The first-order valence-corrected chi connectivity index (χ1v) is 15.5. The highest BCUT2D eigenvalue weighted by molar-refractivity contribution is 5.69. The number of hydrogen-bond acceptors (Lipinski definition) is 7. The highest BCUT2D eigenvalue weighted by Crippen LogP contribution is 2.37. The van der Waals surface area contributed by atoms with Crippen LogP contribution < -0.4 is 0 Å². The molecule has 0 spiro atoms. The Morgan fingerprint density at radius 2 is 0.622 bits per heavy atom. The van der Waals surface area contributed by atoms with Gasteiger partial charge in [0, 0.05) is 22.3 Å². The maximum atomic E-state index is 10.7. The lowest BCUT2D eigenvalue weighted by Gasteiger charge is -2.25. The molecule has 7 nitrogen and oxygen atoms in total. The number of hydrogen-bond donors (Lipinski definition) is 1. The van der Waals surface area contributed by atoms with Crippen molar-refractivity contribution in [1.82, 2.24) is 20.4 Å². The fraction of sp³-hybridized carbons (Fsp3) is 0.421. The van der Waals surface area contributed by atoms with Crippen LogP contribution in [0, 0.1) is 0 Å². The van der Waals surface area contributed by atoms with Crippen molar-refractivity contribution >= 4 is 0 Å². The van der Waals surface area contributed by atoms with Gasteiger partial charge in [-0.15, -0.1) is 20.4 Å². The van der Waals surface area contributed by atoms with Gasteiger partial charge < -0.3 is 13.9 Å². The van der Waals surface area contributed by atoms with Crippen molar-refractivity contribution < 1.29 is 13.9 Å². The number of nitrogens with zero attached hydrogens (tertiary/aromatic N) is 4. The van der Waals surface area contributed by atoms with Gasteiger partial charge in [0.1, 0.15) is 5.75 Å². The van der Waals surface area contributed by atoms with Crippen molar-refractivity contribution in [3.8, 4) is 51.6 Å². The molecule has 0 aliphatic rings. The predicted molar refractivity (Wildman–Crippen MR) is 180 cm³/mol. The van der Waals surface area contributed by atoms with Gasteiger partial charge in [-0.25, -0.2) is 0 Å². The molecule has 5 rings (SSSR count). The molecule has 0 bridgehead atoms. The minimum atomic E-state index is -0.0513. The van der Waals surface area contributed by atoms with Gasteiger partial charge in [-0.05, 0) is 86.4 Å². The largest absolute Gasteiger partial charge is 0.508 e. The summed E-state index contributed by atoms with van der Waals surface area (Å²) in [6.07, 6.45) is 0.